The number of hydrogen-bond acceptors (Lipinski definition) is 8. The lowest BCUT2D eigenvalue weighted by Crippen LogP contribution is -1.92. The Morgan fingerprint density at radius 2 is 1.96 bits per heavy atom. The maximum Gasteiger partial charge on any atom is 0.231 e. The highest BCUT2D eigenvalue weighted by atomic mass is 32.1. The Morgan fingerprint density at radius 3 is 2.79 bits per heavy atom. The van der Waals surface area contributed by atoms with Crippen LogP contribution in [0.15, 0.2) is 34.1 Å². The summed E-state index contributed by atoms with van der Waals surface area (Å²) in [5.74, 6) is 3.15. The van der Waals surface area contributed by atoms with Crippen LogP contribution in [0.3, 0.4) is 0 Å². The van der Waals surface area contributed by atoms with Crippen LogP contribution >= 0.6 is 22.7 Å². The van der Waals surface area contributed by atoms with E-state index in [-0.39, 0.29) is 6.79 Å². The Morgan fingerprint density at radius 1 is 1.08 bits per heavy atom. The number of benzene rings is 1. The molecule has 1 aliphatic heterocycles. The van der Waals surface area contributed by atoms with Crippen molar-refractivity contribution in [1.29, 1.82) is 0 Å². The number of hydrogen-bond donors (Lipinski definition) is 1. The van der Waals surface area contributed by atoms with E-state index in [0.717, 1.165) is 49.2 Å². The summed E-state index contributed by atoms with van der Waals surface area (Å²) < 4.78 is 17.4. The van der Waals surface area contributed by atoms with Crippen LogP contribution in [0.1, 0.15) is 5.76 Å². The molecule has 4 heterocycles. The molecular weight excluding hydrogens is 346 g/mol. The highest BCUT2D eigenvalue weighted by Crippen LogP contribution is 2.39. The fourth-order valence-electron chi connectivity index (χ4n) is 2.48. The summed E-state index contributed by atoms with van der Waals surface area (Å²) in [6.45, 7) is 2.19. The van der Waals surface area contributed by atoms with Gasteiger partial charge in [-0.3, -0.25) is 0 Å². The molecule has 0 unspecified atom stereocenters. The van der Waals surface area contributed by atoms with Crippen LogP contribution in [0.2, 0.25) is 0 Å². The maximum atomic E-state index is 5.60. The minimum Gasteiger partial charge on any atom is -0.460 e. The van der Waals surface area contributed by atoms with Crippen LogP contribution in [-0.2, 0) is 0 Å². The van der Waals surface area contributed by atoms with E-state index in [1.165, 1.54) is 11.3 Å². The molecule has 0 atom stereocenters. The molecule has 120 valence electrons. The van der Waals surface area contributed by atoms with E-state index in [9.17, 15) is 0 Å². The lowest BCUT2D eigenvalue weighted by atomic mass is 10.3. The van der Waals surface area contributed by atoms with E-state index in [0.29, 0.717) is 0 Å². The molecule has 4 aromatic rings. The molecule has 0 saturated carbocycles. The predicted octanol–water partition coefficient (Wildman–Crippen LogP) is 4.79. The number of anilines is 2. The van der Waals surface area contributed by atoms with Gasteiger partial charge in [-0.25, -0.2) is 9.97 Å². The number of nitrogens with zero attached hydrogens (tertiary/aromatic N) is 2. The number of rotatable bonds is 3. The number of aromatic nitrogens is 2. The molecule has 0 saturated heterocycles. The Balaban J connectivity index is 1.43. The van der Waals surface area contributed by atoms with Crippen LogP contribution in [0.5, 0.6) is 11.5 Å². The lowest BCUT2D eigenvalue weighted by molar-refractivity contribution is 0.174. The van der Waals surface area contributed by atoms with Gasteiger partial charge in [0.05, 0.1) is 10.2 Å². The summed E-state index contributed by atoms with van der Waals surface area (Å²) in [4.78, 5) is 9.14. The minimum absolute atomic E-state index is 0.270. The van der Waals surface area contributed by atoms with Crippen molar-refractivity contribution in [2.45, 2.75) is 6.92 Å². The first-order valence-corrected chi connectivity index (χ1v) is 8.94. The van der Waals surface area contributed by atoms with Crippen molar-refractivity contribution < 1.29 is 13.9 Å². The minimum atomic E-state index is 0.270. The zero-order valence-electron chi connectivity index (χ0n) is 12.5. The Bertz CT molecular complexity index is 1010. The van der Waals surface area contributed by atoms with Crippen molar-refractivity contribution in [3.05, 3.63) is 35.4 Å². The van der Waals surface area contributed by atoms with E-state index in [1.807, 2.05) is 36.6 Å². The standard InChI is InChI=1S/C16H11N3O3S2/c1-8-2-3-11(22-8)10-6-23-15(18-10)19-16-17-9-4-12-13(21-7-20-12)5-14(9)24-16/h2-6H,7H2,1H3,(H,17,18,19). The first-order chi connectivity index (χ1) is 11.7. The summed E-state index contributed by atoms with van der Waals surface area (Å²) >= 11 is 3.07. The molecule has 3 aromatic heterocycles. The molecule has 0 amide bonds. The fourth-order valence-corrected chi connectivity index (χ4v) is 4.12. The number of nitrogens with one attached hydrogen (secondary N) is 1. The smallest absolute Gasteiger partial charge is 0.231 e. The monoisotopic (exact) mass is 357 g/mol. The van der Waals surface area contributed by atoms with Crippen molar-refractivity contribution in [1.82, 2.24) is 9.97 Å². The van der Waals surface area contributed by atoms with Crippen LogP contribution in [0.25, 0.3) is 21.7 Å². The van der Waals surface area contributed by atoms with E-state index < -0.39 is 0 Å². The summed E-state index contributed by atoms with van der Waals surface area (Å²) in [6.07, 6.45) is 0. The van der Waals surface area contributed by atoms with Gasteiger partial charge >= 0.3 is 0 Å². The normalized spacial score (nSPS) is 12.9. The van der Waals surface area contributed by atoms with Gasteiger partial charge < -0.3 is 19.2 Å². The molecule has 0 aliphatic carbocycles. The van der Waals surface area contributed by atoms with Crippen molar-refractivity contribution in [2.75, 3.05) is 12.1 Å². The highest BCUT2D eigenvalue weighted by Gasteiger charge is 2.17. The molecule has 8 heteroatoms. The van der Waals surface area contributed by atoms with Gasteiger partial charge in [-0.05, 0) is 19.1 Å². The molecule has 0 bridgehead atoms. The number of aryl methyl sites for hydroxylation is 1. The van der Waals surface area contributed by atoms with Crippen molar-refractivity contribution in [2.24, 2.45) is 0 Å². The molecule has 6 nitrogen and oxygen atoms in total. The quantitative estimate of drug-likeness (QED) is 0.568. The summed E-state index contributed by atoms with van der Waals surface area (Å²) in [7, 11) is 0. The Labute approximate surface area is 144 Å². The van der Waals surface area contributed by atoms with Crippen molar-refractivity contribution in [3.8, 4) is 23.0 Å². The topological polar surface area (TPSA) is 69.4 Å². The highest BCUT2D eigenvalue weighted by molar-refractivity contribution is 7.22. The van der Waals surface area contributed by atoms with Crippen LogP contribution < -0.4 is 14.8 Å². The second kappa shape index (κ2) is 5.22. The average Bonchev–Trinajstić information content (AvgIpc) is 3.30. The largest absolute Gasteiger partial charge is 0.460 e. The Hall–Kier alpha value is -2.58. The predicted molar refractivity (Wildman–Crippen MR) is 93.6 cm³/mol. The molecule has 24 heavy (non-hydrogen) atoms. The van der Waals surface area contributed by atoms with Gasteiger partial charge in [-0.15, -0.1) is 11.3 Å². The summed E-state index contributed by atoms with van der Waals surface area (Å²) in [5, 5.41) is 6.78. The molecule has 1 N–H and O–H groups in total. The Kier molecular flexibility index (Phi) is 3.00. The van der Waals surface area contributed by atoms with Crippen molar-refractivity contribution in [3.63, 3.8) is 0 Å². The molecule has 1 aromatic carbocycles. The van der Waals surface area contributed by atoms with Gasteiger partial charge in [0.2, 0.25) is 6.79 Å². The lowest BCUT2D eigenvalue weighted by Gasteiger charge is -1.94. The number of furan rings is 1. The zero-order valence-corrected chi connectivity index (χ0v) is 14.2. The number of thiazole rings is 2. The third kappa shape index (κ3) is 2.31. The fraction of sp³-hybridized carbons (Fsp3) is 0.125. The molecule has 0 fully saturated rings. The van der Waals surface area contributed by atoms with Crippen molar-refractivity contribution >= 4 is 43.2 Å². The van der Waals surface area contributed by atoms with Gasteiger partial charge in [0, 0.05) is 17.5 Å². The third-order valence-electron chi connectivity index (χ3n) is 3.59. The average molecular weight is 357 g/mol. The van der Waals surface area contributed by atoms with Gasteiger partial charge in [-0.2, -0.15) is 0 Å². The van der Waals surface area contributed by atoms with Gasteiger partial charge in [0.1, 0.15) is 11.5 Å². The van der Waals surface area contributed by atoms with Crippen LogP contribution in [0.4, 0.5) is 10.3 Å². The maximum absolute atomic E-state index is 5.60. The van der Waals surface area contributed by atoms with Gasteiger partial charge in [0.25, 0.3) is 0 Å². The van der Waals surface area contributed by atoms with E-state index in [1.54, 1.807) is 11.3 Å². The van der Waals surface area contributed by atoms with Gasteiger partial charge in [-0.1, -0.05) is 11.3 Å². The SMILES string of the molecule is Cc1ccc(-c2csc(Nc3nc4cc5c(cc4s3)OCO5)n2)o1. The molecule has 5 rings (SSSR count). The summed E-state index contributed by atoms with van der Waals surface area (Å²) in [6, 6.07) is 7.71. The molecule has 1 aliphatic rings. The second-order valence-electron chi connectivity index (χ2n) is 5.27. The molecule has 0 radical (unpaired) electrons. The zero-order chi connectivity index (χ0) is 16.1. The number of ether oxygens (including phenoxy) is 2. The molecule has 0 spiro atoms. The first kappa shape index (κ1) is 13.8. The third-order valence-corrected chi connectivity index (χ3v) is 5.28. The summed E-state index contributed by atoms with van der Waals surface area (Å²) in [5.41, 5.74) is 1.70. The van der Waals surface area contributed by atoms with Crippen LogP contribution in [-0.4, -0.2) is 16.8 Å². The van der Waals surface area contributed by atoms with E-state index >= 15 is 0 Å². The van der Waals surface area contributed by atoms with Gasteiger partial charge in [0.15, 0.2) is 27.5 Å². The number of fused-ring (bicyclic) bond motifs is 2. The van der Waals surface area contributed by atoms with Crippen LogP contribution in [0, 0.1) is 6.92 Å². The van der Waals surface area contributed by atoms with E-state index in [2.05, 4.69) is 15.3 Å². The second-order valence-corrected chi connectivity index (χ2v) is 7.15. The molecular formula is C16H11N3O3S2. The first-order valence-electron chi connectivity index (χ1n) is 7.24. The van der Waals surface area contributed by atoms with E-state index in [4.69, 9.17) is 13.9 Å².